The van der Waals surface area contributed by atoms with E-state index in [9.17, 15) is 4.79 Å². The molecule has 0 saturated heterocycles. The second-order valence-corrected chi connectivity index (χ2v) is 4.73. The molecule has 0 aliphatic heterocycles. The van der Waals surface area contributed by atoms with Crippen molar-refractivity contribution < 1.29 is 4.79 Å². The van der Waals surface area contributed by atoms with E-state index >= 15 is 0 Å². The van der Waals surface area contributed by atoms with E-state index in [0.717, 1.165) is 28.6 Å². The molecule has 0 aliphatic rings. The van der Waals surface area contributed by atoms with Crippen LogP contribution in [0.4, 0.5) is 17.2 Å². The molecule has 1 heterocycles. The smallest absolute Gasteiger partial charge is 0.247 e. The number of anilines is 3. The van der Waals surface area contributed by atoms with Crippen molar-refractivity contribution >= 4 is 23.1 Å². The molecule has 1 aromatic heterocycles. The van der Waals surface area contributed by atoms with Crippen molar-refractivity contribution in [2.75, 3.05) is 10.6 Å². The van der Waals surface area contributed by atoms with Crippen molar-refractivity contribution in [1.29, 1.82) is 0 Å². The predicted octanol–water partition coefficient (Wildman–Crippen LogP) is 3.27. The molecule has 0 saturated carbocycles. The van der Waals surface area contributed by atoms with Crippen LogP contribution in [0, 0.1) is 20.8 Å². The third-order valence-corrected chi connectivity index (χ3v) is 3.08. The van der Waals surface area contributed by atoms with Crippen LogP contribution in [0.2, 0.25) is 0 Å². The Kier molecular flexibility index (Phi) is 4.33. The van der Waals surface area contributed by atoms with Crippen molar-refractivity contribution in [3.05, 3.63) is 54.0 Å². The summed E-state index contributed by atoms with van der Waals surface area (Å²) in [7, 11) is 0. The first kappa shape index (κ1) is 14.7. The summed E-state index contributed by atoms with van der Waals surface area (Å²) < 4.78 is 0. The lowest BCUT2D eigenvalue weighted by Gasteiger charge is -2.12. The van der Waals surface area contributed by atoms with E-state index in [-0.39, 0.29) is 5.91 Å². The fraction of sp³-hybridized carbons (Fsp3) is 0.188. The number of carbonyl (C=O) groups excluding carboxylic acids is 1. The maximum atomic E-state index is 11.3. The van der Waals surface area contributed by atoms with E-state index in [1.807, 2.05) is 45.0 Å². The van der Waals surface area contributed by atoms with Gasteiger partial charge in [0, 0.05) is 22.6 Å². The second-order valence-electron chi connectivity index (χ2n) is 4.73. The van der Waals surface area contributed by atoms with Gasteiger partial charge in [-0.15, -0.1) is 0 Å². The monoisotopic (exact) mass is 282 g/mol. The van der Waals surface area contributed by atoms with Crippen LogP contribution in [0.1, 0.15) is 17.1 Å². The van der Waals surface area contributed by atoms with Crippen LogP contribution in [0.5, 0.6) is 0 Å². The van der Waals surface area contributed by atoms with Crippen LogP contribution < -0.4 is 10.6 Å². The molecule has 2 rings (SSSR count). The fourth-order valence-corrected chi connectivity index (χ4v) is 1.89. The molecule has 0 atom stereocenters. The summed E-state index contributed by atoms with van der Waals surface area (Å²) >= 11 is 0. The molecular weight excluding hydrogens is 264 g/mol. The van der Waals surface area contributed by atoms with E-state index < -0.39 is 0 Å². The molecule has 1 amide bonds. The SMILES string of the molecule is C=CC(=O)Nc1cccc(Nc2nc(C)nc(C)c2C)c1. The zero-order chi connectivity index (χ0) is 15.4. The number of hydrogen-bond donors (Lipinski definition) is 2. The Bertz CT molecular complexity index is 695. The van der Waals surface area contributed by atoms with E-state index in [2.05, 4.69) is 27.2 Å². The lowest BCUT2D eigenvalue weighted by molar-refractivity contribution is -0.111. The molecule has 0 spiro atoms. The molecular formula is C16H18N4O. The Morgan fingerprint density at radius 3 is 2.62 bits per heavy atom. The van der Waals surface area contributed by atoms with Gasteiger partial charge in [0.25, 0.3) is 0 Å². The zero-order valence-electron chi connectivity index (χ0n) is 12.4. The quantitative estimate of drug-likeness (QED) is 0.845. The van der Waals surface area contributed by atoms with Gasteiger partial charge in [-0.05, 0) is 45.0 Å². The fourth-order valence-electron chi connectivity index (χ4n) is 1.89. The topological polar surface area (TPSA) is 66.9 Å². The third-order valence-electron chi connectivity index (χ3n) is 3.08. The summed E-state index contributed by atoms with van der Waals surface area (Å²) in [5.41, 5.74) is 3.49. The number of benzene rings is 1. The van der Waals surface area contributed by atoms with Gasteiger partial charge in [-0.25, -0.2) is 9.97 Å². The van der Waals surface area contributed by atoms with E-state index in [4.69, 9.17) is 0 Å². The summed E-state index contributed by atoms with van der Waals surface area (Å²) in [6.45, 7) is 9.22. The van der Waals surface area contributed by atoms with E-state index in [1.165, 1.54) is 6.08 Å². The van der Waals surface area contributed by atoms with Crippen LogP contribution in [-0.4, -0.2) is 15.9 Å². The largest absolute Gasteiger partial charge is 0.340 e. The van der Waals surface area contributed by atoms with Gasteiger partial charge in [0.2, 0.25) is 5.91 Å². The minimum absolute atomic E-state index is 0.239. The van der Waals surface area contributed by atoms with E-state index in [1.54, 1.807) is 0 Å². The van der Waals surface area contributed by atoms with Crippen molar-refractivity contribution in [3.63, 3.8) is 0 Å². The number of amides is 1. The van der Waals surface area contributed by atoms with Gasteiger partial charge in [0.1, 0.15) is 11.6 Å². The van der Waals surface area contributed by atoms with Gasteiger partial charge in [-0.1, -0.05) is 12.6 Å². The molecule has 0 fully saturated rings. The Hall–Kier alpha value is -2.69. The van der Waals surface area contributed by atoms with Crippen LogP contribution in [0.15, 0.2) is 36.9 Å². The maximum absolute atomic E-state index is 11.3. The molecule has 5 nitrogen and oxygen atoms in total. The molecule has 2 aromatic rings. The molecule has 0 radical (unpaired) electrons. The normalized spacial score (nSPS) is 10.0. The number of aryl methyl sites for hydroxylation is 2. The van der Waals surface area contributed by atoms with Gasteiger partial charge in [-0.3, -0.25) is 4.79 Å². The van der Waals surface area contributed by atoms with Gasteiger partial charge >= 0.3 is 0 Å². The van der Waals surface area contributed by atoms with E-state index in [0.29, 0.717) is 5.69 Å². The van der Waals surface area contributed by atoms with Crippen LogP contribution in [-0.2, 0) is 4.79 Å². The van der Waals surface area contributed by atoms with Crippen molar-refractivity contribution in [1.82, 2.24) is 9.97 Å². The van der Waals surface area contributed by atoms with Crippen LogP contribution in [0.3, 0.4) is 0 Å². The van der Waals surface area contributed by atoms with Crippen molar-refractivity contribution in [2.24, 2.45) is 0 Å². The number of rotatable bonds is 4. The standard InChI is InChI=1S/C16H18N4O/c1-5-15(21)19-13-7-6-8-14(9-13)20-16-10(2)11(3)17-12(4)18-16/h5-9H,1H2,2-4H3,(H,19,21)(H,17,18,20). The zero-order valence-corrected chi connectivity index (χ0v) is 12.4. The third kappa shape index (κ3) is 3.66. The summed E-state index contributed by atoms with van der Waals surface area (Å²) in [6, 6.07) is 7.43. The van der Waals surface area contributed by atoms with Gasteiger partial charge in [0.05, 0.1) is 0 Å². The highest BCUT2D eigenvalue weighted by Crippen LogP contribution is 2.22. The van der Waals surface area contributed by atoms with Crippen LogP contribution in [0.25, 0.3) is 0 Å². The van der Waals surface area contributed by atoms with Gasteiger partial charge in [-0.2, -0.15) is 0 Å². The lowest BCUT2D eigenvalue weighted by Crippen LogP contribution is -2.07. The summed E-state index contributed by atoms with van der Waals surface area (Å²) in [6.07, 6.45) is 1.24. The summed E-state index contributed by atoms with van der Waals surface area (Å²) in [4.78, 5) is 20.1. The number of nitrogens with one attached hydrogen (secondary N) is 2. The Balaban J connectivity index is 2.26. The lowest BCUT2D eigenvalue weighted by atomic mass is 10.2. The first-order valence-electron chi connectivity index (χ1n) is 6.62. The predicted molar refractivity (Wildman–Crippen MR) is 84.8 cm³/mol. The highest BCUT2D eigenvalue weighted by Gasteiger charge is 2.07. The summed E-state index contributed by atoms with van der Waals surface area (Å²) in [5.74, 6) is 1.25. The minimum atomic E-state index is -0.239. The number of hydrogen-bond acceptors (Lipinski definition) is 4. The molecule has 21 heavy (non-hydrogen) atoms. The minimum Gasteiger partial charge on any atom is -0.340 e. The molecule has 2 N–H and O–H groups in total. The summed E-state index contributed by atoms with van der Waals surface area (Å²) in [5, 5.41) is 5.98. The van der Waals surface area contributed by atoms with Gasteiger partial charge in [0.15, 0.2) is 0 Å². The Morgan fingerprint density at radius 2 is 1.90 bits per heavy atom. The number of nitrogens with zero attached hydrogens (tertiary/aromatic N) is 2. The molecule has 1 aromatic carbocycles. The first-order chi connectivity index (χ1) is 9.99. The van der Waals surface area contributed by atoms with Crippen LogP contribution >= 0.6 is 0 Å². The molecule has 108 valence electrons. The Morgan fingerprint density at radius 1 is 1.19 bits per heavy atom. The molecule has 5 heteroatoms. The average Bonchev–Trinajstić information content (AvgIpc) is 2.44. The van der Waals surface area contributed by atoms with Crippen molar-refractivity contribution in [3.8, 4) is 0 Å². The molecule has 0 aliphatic carbocycles. The van der Waals surface area contributed by atoms with Gasteiger partial charge < -0.3 is 10.6 Å². The number of aromatic nitrogens is 2. The highest BCUT2D eigenvalue weighted by atomic mass is 16.1. The molecule has 0 unspecified atom stereocenters. The highest BCUT2D eigenvalue weighted by molar-refractivity contribution is 5.99. The first-order valence-corrected chi connectivity index (χ1v) is 6.62. The maximum Gasteiger partial charge on any atom is 0.247 e. The second kappa shape index (κ2) is 6.17. The Labute approximate surface area is 124 Å². The van der Waals surface area contributed by atoms with Crippen molar-refractivity contribution in [2.45, 2.75) is 20.8 Å². The number of carbonyl (C=O) groups is 1. The molecule has 0 bridgehead atoms. The average molecular weight is 282 g/mol.